The summed E-state index contributed by atoms with van der Waals surface area (Å²) in [5.41, 5.74) is 0.225. The fourth-order valence-electron chi connectivity index (χ4n) is 2.67. The van der Waals surface area contributed by atoms with Crippen molar-refractivity contribution in [1.82, 2.24) is 14.5 Å². The molecule has 2 atom stereocenters. The second-order valence-corrected chi connectivity index (χ2v) is 9.39. The molecule has 1 aliphatic heterocycles. The van der Waals surface area contributed by atoms with Crippen LogP contribution in [-0.4, -0.2) is 29.3 Å². The summed E-state index contributed by atoms with van der Waals surface area (Å²) in [6.45, 7) is 4.02. The summed E-state index contributed by atoms with van der Waals surface area (Å²) in [5, 5.41) is 4.22. The molecule has 0 saturated carbocycles. The molecule has 7 nitrogen and oxygen atoms in total. The fourth-order valence-corrected chi connectivity index (χ4v) is 5.97. The lowest BCUT2D eigenvalue weighted by atomic mass is 10.2. The van der Waals surface area contributed by atoms with Gasteiger partial charge in [-0.05, 0) is 30.0 Å². The van der Waals surface area contributed by atoms with E-state index in [9.17, 15) is 13.2 Å². The number of hydrogen-bond donors (Lipinski definition) is 1. The van der Waals surface area contributed by atoms with Crippen LogP contribution in [0.1, 0.15) is 13.8 Å². The van der Waals surface area contributed by atoms with E-state index < -0.39 is 14.6 Å². The molecule has 25 heavy (non-hydrogen) atoms. The van der Waals surface area contributed by atoms with Gasteiger partial charge in [-0.3, -0.25) is 4.79 Å². The monoisotopic (exact) mass is 381 g/mol. The zero-order chi connectivity index (χ0) is 18.0. The van der Waals surface area contributed by atoms with Gasteiger partial charge in [0.1, 0.15) is 10.3 Å². The minimum atomic E-state index is -3.48. The molecule has 2 unspecified atom stereocenters. The van der Waals surface area contributed by atoms with Crippen LogP contribution in [0, 0.1) is 5.92 Å². The van der Waals surface area contributed by atoms with Crippen molar-refractivity contribution in [2.45, 2.75) is 25.0 Å². The Balaban J connectivity index is 1.66. The summed E-state index contributed by atoms with van der Waals surface area (Å²) >= 11 is 1.34. The number of aromatic nitrogens is 2. The lowest BCUT2D eigenvalue weighted by Crippen LogP contribution is -2.37. The molecule has 2 aromatic heterocycles. The summed E-state index contributed by atoms with van der Waals surface area (Å²) in [4.78, 5) is 12.9. The molecule has 0 fully saturated rings. The van der Waals surface area contributed by atoms with Crippen molar-refractivity contribution in [3.63, 3.8) is 0 Å². The van der Waals surface area contributed by atoms with Crippen LogP contribution in [-0.2, 0) is 16.6 Å². The fraction of sp³-hybridized carbons (Fsp3) is 0.375. The van der Waals surface area contributed by atoms with Crippen LogP contribution in [0.2, 0.25) is 0 Å². The molecule has 0 saturated heterocycles. The first kappa shape index (κ1) is 18.0. The van der Waals surface area contributed by atoms with Crippen molar-refractivity contribution >= 4 is 21.8 Å². The smallest absolute Gasteiger partial charge is 0.266 e. The molecular formula is C16H19N3O4S2. The van der Waals surface area contributed by atoms with E-state index in [-0.39, 0.29) is 24.6 Å². The maximum atomic E-state index is 12.4. The van der Waals surface area contributed by atoms with Crippen LogP contribution in [0.5, 0.6) is 0 Å². The first-order chi connectivity index (χ1) is 11.9. The second-order valence-electron chi connectivity index (χ2n) is 5.82. The Morgan fingerprint density at radius 2 is 2.16 bits per heavy atom. The zero-order valence-electron chi connectivity index (χ0n) is 13.9. The molecule has 1 N–H and O–H groups in total. The van der Waals surface area contributed by atoms with Gasteiger partial charge >= 0.3 is 0 Å². The molecule has 3 rings (SSSR count). The van der Waals surface area contributed by atoms with Gasteiger partial charge in [0.15, 0.2) is 5.76 Å². The average Bonchev–Trinajstić information content (AvgIpc) is 3.19. The number of allylic oxidation sites excluding steroid dienone is 2. The molecule has 0 aliphatic carbocycles. The lowest BCUT2D eigenvalue weighted by molar-refractivity contribution is 0.535. The lowest BCUT2D eigenvalue weighted by Gasteiger charge is -2.16. The Morgan fingerprint density at radius 3 is 2.80 bits per heavy atom. The third-order valence-corrected chi connectivity index (χ3v) is 7.67. The Hall–Kier alpha value is -1.84. The van der Waals surface area contributed by atoms with Crippen LogP contribution >= 0.6 is 11.8 Å². The van der Waals surface area contributed by atoms with Crippen LogP contribution in [0.15, 0.2) is 50.7 Å². The van der Waals surface area contributed by atoms with Crippen LogP contribution < -0.4 is 10.3 Å². The Labute approximate surface area is 150 Å². The molecule has 0 radical (unpaired) electrons. The Kier molecular flexibility index (Phi) is 5.16. The molecule has 134 valence electrons. The van der Waals surface area contributed by atoms with Gasteiger partial charge in [-0.15, -0.1) is 11.8 Å². The summed E-state index contributed by atoms with van der Waals surface area (Å²) in [5.74, 6) is 0.498. The van der Waals surface area contributed by atoms with E-state index in [2.05, 4.69) is 9.82 Å². The molecule has 2 aromatic rings. The molecule has 0 aromatic carbocycles. The molecule has 3 heterocycles. The Bertz CT molecular complexity index is 933. The minimum Gasteiger partial charge on any atom is -0.463 e. The normalized spacial score (nSPS) is 20.6. The van der Waals surface area contributed by atoms with E-state index in [1.165, 1.54) is 28.8 Å². The number of nitrogens with one attached hydrogen (secondary N) is 1. The highest BCUT2D eigenvalue weighted by molar-refractivity contribution is 8.15. The highest BCUT2D eigenvalue weighted by Crippen LogP contribution is 2.38. The van der Waals surface area contributed by atoms with Crippen molar-refractivity contribution in [1.29, 1.82) is 0 Å². The van der Waals surface area contributed by atoms with Crippen molar-refractivity contribution in [2.24, 2.45) is 5.92 Å². The van der Waals surface area contributed by atoms with Crippen molar-refractivity contribution in [3.8, 4) is 11.5 Å². The van der Waals surface area contributed by atoms with E-state index in [4.69, 9.17) is 4.42 Å². The van der Waals surface area contributed by atoms with Gasteiger partial charge in [-0.25, -0.2) is 17.8 Å². The van der Waals surface area contributed by atoms with Crippen molar-refractivity contribution in [2.75, 3.05) is 6.54 Å². The minimum absolute atomic E-state index is 0.0503. The van der Waals surface area contributed by atoms with Crippen LogP contribution in [0.3, 0.4) is 0 Å². The third kappa shape index (κ3) is 4.05. The summed E-state index contributed by atoms with van der Waals surface area (Å²) in [6.07, 6.45) is 3.48. The van der Waals surface area contributed by atoms with E-state index in [0.717, 1.165) is 4.91 Å². The van der Waals surface area contributed by atoms with E-state index in [0.29, 0.717) is 11.5 Å². The third-order valence-electron chi connectivity index (χ3n) is 3.80. The summed E-state index contributed by atoms with van der Waals surface area (Å²) in [6, 6.07) is 6.44. The van der Waals surface area contributed by atoms with Crippen molar-refractivity contribution in [3.05, 3.63) is 51.9 Å². The highest BCUT2D eigenvalue weighted by Gasteiger charge is 2.34. The topological polar surface area (TPSA) is 94.2 Å². The average molecular weight is 381 g/mol. The van der Waals surface area contributed by atoms with Gasteiger partial charge in [0.2, 0.25) is 10.0 Å². The van der Waals surface area contributed by atoms with Gasteiger partial charge in [0.25, 0.3) is 5.56 Å². The molecule has 0 spiro atoms. The molecular weight excluding hydrogens is 362 g/mol. The second kappa shape index (κ2) is 7.19. The van der Waals surface area contributed by atoms with Crippen LogP contribution in [0.25, 0.3) is 11.5 Å². The van der Waals surface area contributed by atoms with E-state index in [1.807, 2.05) is 19.9 Å². The van der Waals surface area contributed by atoms with Crippen molar-refractivity contribution < 1.29 is 12.8 Å². The number of rotatable bonds is 6. The summed E-state index contributed by atoms with van der Waals surface area (Å²) in [7, 11) is -3.48. The predicted molar refractivity (Wildman–Crippen MR) is 97.4 cm³/mol. The number of nitrogens with zero attached hydrogens (tertiary/aromatic N) is 2. The predicted octanol–water partition coefficient (Wildman–Crippen LogP) is 2.04. The van der Waals surface area contributed by atoms with Gasteiger partial charge < -0.3 is 4.42 Å². The zero-order valence-corrected chi connectivity index (χ0v) is 15.5. The first-order valence-electron chi connectivity index (χ1n) is 7.82. The van der Waals surface area contributed by atoms with E-state index in [1.54, 1.807) is 18.2 Å². The standard InChI is InChI=1S/C16H19N3O4S2/c1-11-10-12(2)24-16(11)25(21,22)17-7-8-19-15(20)6-5-13(18-19)14-4-3-9-23-14/h3-6,9-11,16-17H,7-8H2,1-2H3. The molecule has 0 amide bonds. The van der Waals surface area contributed by atoms with Crippen LogP contribution in [0.4, 0.5) is 0 Å². The Morgan fingerprint density at radius 1 is 1.36 bits per heavy atom. The van der Waals surface area contributed by atoms with Gasteiger partial charge in [-0.1, -0.05) is 13.0 Å². The molecule has 1 aliphatic rings. The van der Waals surface area contributed by atoms with E-state index >= 15 is 0 Å². The van der Waals surface area contributed by atoms with Gasteiger partial charge in [-0.2, -0.15) is 5.10 Å². The molecule has 0 bridgehead atoms. The number of hydrogen-bond acceptors (Lipinski definition) is 6. The summed E-state index contributed by atoms with van der Waals surface area (Å²) < 4.78 is 33.4. The quantitative estimate of drug-likeness (QED) is 0.823. The maximum absolute atomic E-state index is 12.4. The number of furan rings is 1. The maximum Gasteiger partial charge on any atom is 0.266 e. The number of sulfonamides is 1. The number of thioether (sulfide) groups is 1. The van der Waals surface area contributed by atoms with Gasteiger partial charge in [0, 0.05) is 18.5 Å². The SMILES string of the molecule is CC1=CC(C)C(S(=O)(=O)NCCn2nc(-c3ccco3)ccc2=O)S1. The largest absolute Gasteiger partial charge is 0.463 e. The van der Waals surface area contributed by atoms with Gasteiger partial charge in [0.05, 0.1) is 12.8 Å². The molecule has 9 heteroatoms. The highest BCUT2D eigenvalue weighted by atomic mass is 32.3. The first-order valence-corrected chi connectivity index (χ1v) is 10.2.